The summed E-state index contributed by atoms with van der Waals surface area (Å²) in [6, 6.07) is 9.38. The van der Waals surface area contributed by atoms with Crippen LogP contribution in [-0.4, -0.2) is 17.2 Å². The van der Waals surface area contributed by atoms with E-state index in [1.54, 1.807) is 19.4 Å². The highest BCUT2D eigenvalue weighted by molar-refractivity contribution is 5.40. The number of pyridine rings is 1. The second kappa shape index (κ2) is 5.71. The minimum atomic E-state index is -0.627. The molecule has 100 valence electrons. The fourth-order valence-electron chi connectivity index (χ4n) is 2.05. The highest BCUT2D eigenvalue weighted by atomic mass is 16.5. The Balaban J connectivity index is 2.22. The number of aliphatic hydroxyl groups is 1. The van der Waals surface area contributed by atoms with Crippen LogP contribution in [0.1, 0.15) is 22.8 Å². The van der Waals surface area contributed by atoms with Crippen molar-refractivity contribution in [3.05, 3.63) is 53.2 Å². The molecule has 0 saturated heterocycles. The number of rotatable bonds is 4. The van der Waals surface area contributed by atoms with Gasteiger partial charge in [-0.3, -0.25) is 0 Å². The van der Waals surface area contributed by atoms with Gasteiger partial charge < -0.3 is 15.6 Å². The van der Waals surface area contributed by atoms with Crippen LogP contribution >= 0.6 is 0 Å². The van der Waals surface area contributed by atoms with E-state index in [9.17, 15) is 5.11 Å². The number of aryl methyl sites for hydroxylation is 1. The molecule has 4 heteroatoms. The molecule has 0 aliphatic carbocycles. The Bertz CT molecular complexity index is 570. The lowest BCUT2D eigenvalue weighted by molar-refractivity contribution is 0.174. The van der Waals surface area contributed by atoms with Crippen LogP contribution in [0.5, 0.6) is 5.75 Å². The maximum absolute atomic E-state index is 10.3. The molecule has 4 nitrogen and oxygen atoms in total. The SMILES string of the molecule is COc1cc(C)ccc1C(O)Cc1ccnc(N)c1. The van der Waals surface area contributed by atoms with Crippen LogP contribution in [-0.2, 0) is 6.42 Å². The minimum Gasteiger partial charge on any atom is -0.496 e. The van der Waals surface area contributed by atoms with Crippen LogP contribution < -0.4 is 10.5 Å². The van der Waals surface area contributed by atoms with Crippen molar-refractivity contribution in [2.45, 2.75) is 19.4 Å². The molecule has 0 aliphatic heterocycles. The first-order valence-corrected chi connectivity index (χ1v) is 6.13. The van der Waals surface area contributed by atoms with Gasteiger partial charge in [0.25, 0.3) is 0 Å². The van der Waals surface area contributed by atoms with Crippen molar-refractivity contribution in [3.8, 4) is 5.75 Å². The molecule has 0 amide bonds. The van der Waals surface area contributed by atoms with Gasteiger partial charge in [-0.15, -0.1) is 0 Å². The van der Waals surface area contributed by atoms with Gasteiger partial charge in [-0.2, -0.15) is 0 Å². The Morgan fingerprint density at radius 1 is 1.32 bits per heavy atom. The Hall–Kier alpha value is -2.07. The molecule has 3 N–H and O–H groups in total. The first-order valence-electron chi connectivity index (χ1n) is 6.13. The Kier molecular flexibility index (Phi) is 4.02. The second-order valence-corrected chi connectivity index (χ2v) is 4.55. The molecule has 0 saturated carbocycles. The zero-order chi connectivity index (χ0) is 13.8. The highest BCUT2D eigenvalue weighted by Crippen LogP contribution is 2.28. The van der Waals surface area contributed by atoms with E-state index in [0.29, 0.717) is 18.0 Å². The largest absolute Gasteiger partial charge is 0.496 e. The predicted octanol–water partition coefficient (Wildman–Crippen LogP) is 2.26. The number of benzene rings is 1. The minimum absolute atomic E-state index is 0.459. The standard InChI is InChI=1S/C15H18N2O2/c1-10-3-4-12(14(7-10)19-2)13(18)8-11-5-6-17-15(16)9-11/h3-7,9,13,18H,8H2,1-2H3,(H2,16,17). The highest BCUT2D eigenvalue weighted by Gasteiger charge is 2.14. The van der Waals surface area contributed by atoms with Crippen LogP contribution in [0.2, 0.25) is 0 Å². The van der Waals surface area contributed by atoms with Crippen molar-refractivity contribution in [2.24, 2.45) is 0 Å². The van der Waals surface area contributed by atoms with Crippen molar-refractivity contribution in [1.82, 2.24) is 4.98 Å². The smallest absolute Gasteiger partial charge is 0.124 e. The summed E-state index contributed by atoms with van der Waals surface area (Å²) in [7, 11) is 1.61. The molecule has 1 unspecified atom stereocenters. The van der Waals surface area contributed by atoms with Crippen molar-refractivity contribution >= 4 is 5.82 Å². The number of aliphatic hydroxyl groups excluding tert-OH is 1. The predicted molar refractivity (Wildman–Crippen MR) is 75.0 cm³/mol. The number of hydrogen-bond donors (Lipinski definition) is 2. The van der Waals surface area contributed by atoms with Gasteiger partial charge in [0.15, 0.2) is 0 Å². The summed E-state index contributed by atoms with van der Waals surface area (Å²) in [4.78, 5) is 3.94. The summed E-state index contributed by atoms with van der Waals surface area (Å²) >= 11 is 0. The number of nitrogens with zero attached hydrogens (tertiary/aromatic N) is 1. The van der Waals surface area contributed by atoms with E-state index < -0.39 is 6.10 Å². The van der Waals surface area contributed by atoms with E-state index in [1.165, 1.54) is 0 Å². The third kappa shape index (κ3) is 3.23. The van der Waals surface area contributed by atoms with E-state index in [1.807, 2.05) is 31.2 Å². The van der Waals surface area contributed by atoms with Gasteiger partial charge in [0.1, 0.15) is 11.6 Å². The number of ether oxygens (including phenoxy) is 1. The average Bonchev–Trinajstić information content (AvgIpc) is 2.38. The summed E-state index contributed by atoms with van der Waals surface area (Å²) < 4.78 is 5.31. The molecule has 0 aliphatic rings. The van der Waals surface area contributed by atoms with Gasteiger partial charge in [-0.25, -0.2) is 4.98 Å². The molecule has 2 aromatic rings. The third-order valence-corrected chi connectivity index (χ3v) is 3.02. The van der Waals surface area contributed by atoms with Crippen LogP contribution in [0.4, 0.5) is 5.82 Å². The van der Waals surface area contributed by atoms with Crippen molar-refractivity contribution in [3.63, 3.8) is 0 Å². The molecule has 0 fully saturated rings. The molecule has 0 radical (unpaired) electrons. The molecule has 1 aromatic heterocycles. The zero-order valence-corrected chi connectivity index (χ0v) is 11.1. The maximum atomic E-state index is 10.3. The molecule has 0 spiro atoms. The van der Waals surface area contributed by atoms with Crippen LogP contribution in [0, 0.1) is 6.92 Å². The fraction of sp³-hybridized carbons (Fsp3) is 0.267. The molecular formula is C15H18N2O2. The van der Waals surface area contributed by atoms with Crippen LogP contribution in [0.3, 0.4) is 0 Å². The lowest BCUT2D eigenvalue weighted by Crippen LogP contribution is -2.05. The molecule has 2 rings (SSSR count). The summed E-state index contributed by atoms with van der Waals surface area (Å²) in [6.45, 7) is 1.99. The second-order valence-electron chi connectivity index (χ2n) is 4.55. The fourth-order valence-corrected chi connectivity index (χ4v) is 2.05. The quantitative estimate of drug-likeness (QED) is 0.882. The molecule has 19 heavy (non-hydrogen) atoms. The maximum Gasteiger partial charge on any atom is 0.124 e. The molecule has 1 atom stereocenters. The van der Waals surface area contributed by atoms with Crippen molar-refractivity contribution < 1.29 is 9.84 Å². The Labute approximate surface area is 112 Å². The first-order chi connectivity index (χ1) is 9.10. The van der Waals surface area contributed by atoms with E-state index in [2.05, 4.69) is 4.98 Å². The summed E-state index contributed by atoms with van der Waals surface area (Å²) in [5, 5.41) is 10.3. The number of anilines is 1. The van der Waals surface area contributed by atoms with E-state index in [-0.39, 0.29) is 0 Å². The monoisotopic (exact) mass is 258 g/mol. The number of nitrogens with two attached hydrogens (primary N) is 1. The normalized spacial score (nSPS) is 12.2. The Morgan fingerprint density at radius 2 is 2.11 bits per heavy atom. The molecule has 1 heterocycles. The topological polar surface area (TPSA) is 68.4 Å². The first kappa shape index (κ1) is 13.4. The summed E-state index contributed by atoms with van der Waals surface area (Å²) in [5.74, 6) is 1.16. The van der Waals surface area contributed by atoms with Gasteiger partial charge in [-0.1, -0.05) is 12.1 Å². The average molecular weight is 258 g/mol. The van der Waals surface area contributed by atoms with Crippen molar-refractivity contribution in [2.75, 3.05) is 12.8 Å². The van der Waals surface area contributed by atoms with Gasteiger partial charge in [0.05, 0.1) is 13.2 Å². The van der Waals surface area contributed by atoms with Crippen LogP contribution in [0.15, 0.2) is 36.5 Å². The number of hydrogen-bond acceptors (Lipinski definition) is 4. The number of nitrogen functional groups attached to an aromatic ring is 1. The summed E-state index contributed by atoms with van der Waals surface area (Å²) in [6.07, 6.45) is 1.49. The lowest BCUT2D eigenvalue weighted by atomic mass is 10.00. The van der Waals surface area contributed by atoms with Gasteiger partial charge >= 0.3 is 0 Å². The van der Waals surface area contributed by atoms with Crippen molar-refractivity contribution in [1.29, 1.82) is 0 Å². The number of methoxy groups -OCH3 is 1. The molecule has 0 bridgehead atoms. The van der Waals surface area contributed by atoms with E-state index >= 15 is 0 Å². The van der Waals surface area contributed by atoms with E-state index in [4.69, 9.17) is 10.5 Å². The molecule has 1 aromatic carbocycles. The third-order valence-electron chi connectivity index (χ3n) is 3.02. The van der Waals surface area contributed by atoms with E-state index in [0.717, 1.165) is 16.7 Å². The van der Waals surface area contributed by atoms with Crippen LogP contribution in [0.25, 0.3) is 0 Å². The lowest BCUT2D eigenvalue weighted by Gasteiger charge is -2.15. The van der Waals surface area contributed by atoms with Gasteiger partial charge in [0.2, 0.25) is 0 Å². The van der Waals surface area contributed by atoms with Gasteiger partial charge in [-0.05, 0) is 36.2 Å². The zero-order valence-electron chi connectivity index (χ0n) is 11.1. The Morgan fingerprint density at radius 3 is 2.79 bits per heavy atom. The van der Waals surface area contributed by atoms with Gasteiger partial charge in [0, 0.05) is 18.2 Å². The summed E-state index contributed by atoms with van der Waals surface area (Å²) in [5.41, 5.74) is 8.46. The number of aromatic nitrogens is 1. The molecular weight excluding hydrogens is 240 g/mol.